The molecule has 0 saturated heterocycles. The van der Waals surface area contributed by atoms with Crippen molar-refractivity contribution in [1.82, 2.24) is 4.98 Å². The Morgan fingerprint density at radius 2 is 1.70 bits per heavy atom. The third-order valence-electron chi connectivity index (χ3n) is 3.80. The highest BCUT2D eigenvalue weighted by Gasteiger charge is 2.27. The van der Waals surface area contributed by atoms with Crippen LogP contribution in [0.15, 0.2) is 65.4 Å². The minimum absolute atomic E-state index is 0.343. The van der Waals surface area contributed by atoms with Crippen LogP contribution in [0.25, 0.3) is 10.8 Å². The van der Waals surface area contributed by atoms with Gasteiger partial charge in [-0.15, -0.1) is 0 Å². The lowest BCUT2D eigenvalue weighted by molar-refractivity contribution is -0.00293. The quantitative estimate of drug-likeness (QED) is 0.603. The zero-order valence-corrected chi connectivity index (χ0v) is 14.5. The number of ether oxygens (including phenoxy) is 1. The molecule has 1 heterocycles. The van der Waals surface area contributed by atoms with Crippen molar-refractivity contribution in [1.29, 1.82) is 0 Å². The highest BCUT2D eigenvalue weighted by atomic mass is 79.9. The smallest absolute Gasteiger partial charge is 0.339 e. The minimum atomic E-state index is -0.733. The number of carbonyl (C=O) groups excluding carboxylic acids is 1. The number of carbonyl (C=O) groups is 1. The van der Waals surface area contributed by atoms with Gasteiger partial charge < -0.3 is 4.74 Å². The van der Waals surface area contributed by atoms with Crippen molar-refractivity contribution < 1.29 is 9.53 Å². The van der Waals surface area contributed by atoms with E-state index in [4.69, 9.17) is 4.74 Å². The Bertz CT molecular complexity index is 854. The Labute approximate surface area is 143 Å². The van der Waals surface area contributed by atoms with Crippen LogP contribution in [0.1, 0.15) is 29.8 Å². The van der Waals surface area contributed by atoms with Gasteiger partial charge in [0.25, 0.3) is 0 Å². The van der Waals surface area contributed by atoms with Crippen LogP contribution in [0.5, 0.6) is 0 Å². The lowest BCUT2D eigenvalue weighted by Gasteiger charge is -2.26. The minimum Gasteiger partial charge on any atom is -0.451 e. The Morgan fingerprint density at radius 1 is 1.04 bits per heavy atom. The van der Waals surface area contributed by atoms with Crippen LogP contribution < -0.4 is 0 Å². The van der Waals surface area contributed by atoms with Gasteiger partial charge in [0, 0.05) is 22.3 Å². The number of esters is 1. The average Bonchev–Trinajstić information content (AvgIpc) is 2.55. The molecular weight excluding hydrogens is 354 g/mol. The first-order valence-electron chi connectivity index (χ1n) is 7.30. The molecule has 1 aromatic heterocycles. The molecule has 0 aliphatic heterocycles. The van der Waals surface area contributed by atoms with Gasteiger partial charge in [0.05, 0.1) is 5.56 Å². The summed E-state index contributed by atoms with van der Waals surface area (Å²) in [6.07, 6.45) is 3.39. The van der Waals surface area contributed by atoms with E-state index >= 15 is 0 Å². The summed E-state index contributed by atoms with van der Waals surface area (Å²) in [7, 11) is 0. The number of aromatic nitrogens is 1. The zero-order chi connectivity index (χ0) is 16.4. The monoisotopic (exact) mass is 369 g/mol. The van der Waals surface area contributed by atoms with E-state index in [1.54, 1.807) is 18.5 Å². The number of pyridine rings is 1. The number of hydrogen-bond donors (Lipinski definition) is 0. The molecule has 0 radical (unpaired) electrons. The highest BCUT2D eigenvalue weighted by molar-refractivity contribution is 9.10. The fourth-order valence-electron chi connectivity index (χ4n) is 2.56. The maximum absolute atomic E-state index is 12.7. The number of fused-ring (bicyclic) bond motifs is 1. The van der Waals surface area contributed by atoms with Gasteiger partial charge in [0.2, 0.25) is 0 Å². The predicted molar refractivity (Wildman–Crippen MR) is 94.3 cm³/mol. The molecule has 0 amide bonds. The summed E-state index contributed by atoms with van der Waals surface area (Å²) < 4.78 is 6.66. The molecule has 0 fully saturated rings. The molecule has 4 heteroatoms. The van der Waals surface area contributed by atoms with Crippen molar-refractivity contribution in [3.05, 3.63) is 76.5 Å². The molecule has 3 rings (SSSR count). The predicted octanol–water partition coefficient (Wildman–Crippen LogP) is 5.09. The average molecular weight is 370 g/mol. The van der Waals surface area contributed by atoms with Gasteiger partial charge in [0.1, 0.15) is 5.60 Å². The van der Waals surface area contributed by atoms with E-state index in [1.165, 1.54) is 0 Å². The van der Waals surface area contributed by atoms with Gasteiger partial charge in [-0.2, -0.15) is 0 Å². The first kappa shape index (κ1) is 15.7. The second-order valence-electron chi connectivity index (χ2n) is 5.78. The molecule has 0 N–H and O–H groups in total. The van der Waals surface area contributed by atoms with Crippen molar-refractivity contribution in [3.8, 4) is 0 Å². The van der Waals surface area contributed by atoms with E-state index in [2.05, 4.69) is 20.9 Å². The molecule has 0 saturated carbocycles. The van der Waals surface area contributed by atoms with E-state index in [0.29, 0.717) is 5.56 Å². The summed E-state index contributed by atoms with van der Waals surface area (Å²) in [4.78, 5) is 16.7. The molecule has 3 nitrogen and oxygen atoms in total. The number of hydrogen-bond acceptors (Lipinski definition) is 3. The molecule has 23 heavy (non-hydrogen) atoms. The van der Waals surface area contributed by atoms with Gasteiger partial charge in [-0.05, 0) is 49.1 Å². The van der Waals surface area contributed by atoms with Gasteiger partial charge in [0.15, 0.2) is 0 Å². The van der Waals surface area contributed by atoms with E-state index in [-0.39, 0.29) is 5.97 Å². The third-order valence-corrected chi connectivity index (χ3v) is 4.46. The van der Waals surface area contributed by atoms with Gasteiger partial charge in [-0.1, -0.05) is 40.2 Å². The SMILES string of the molecule is CC(C)(OC(=O)c1cccc2cccc(Br)c12)c1ccncc1. The molecule has 0 aliphatic rings. The Balaban J connectivity index is 1.99. The van der Waals surface area contributed by atoms with Crippen LogP contribution in [0.4, 0.5) is 0 Å². The van der Waals surface area contributed by atoms with Crippen LogP contribution in [0.2, 0.25) is 0 Å². The fraction of sp³-hybridized carbons (Fsp3) is 0.158. The van der Waals surface area contributed by atoms with E-state index in [0.717, 1.165) is 20.8 Å². The van der Waals surface area contributed by atoms with Crippen molar-refractivity contribution >= 4 is 32.7 Å². The van der Waals surface area contributed by atoms with Gasteiger partial charge >= 0.3 is 5.97 Å². The molecule has 116 valence electrons. The van der Waals surface area contributed by atoms with Gasteiger partial charge in [-0.3, -0.25) is 4.98 Å². The maximum atomic E-state index is 12.7. The number of nitrogens with zero attached hydrogens (tertiary/aromatic N) is 1. The summed E-state index contributed by atoms with van der Waals surface area (Å²) in [5.41, 5.74) is 0.723. The maximum Gasteiger partial charge on any atom is 0.339 e. The highest BCUT2D eigenvalue weighted by Crippen LogP contribution is 2.30. The van der Waals surface area contributed by atoms with Crippen molar-refractivity contribution in [3.63, 3.8) is 0 Å². The molecule has 2 aromatic carbocycles. The Morgan fingerprint density at radius 3 is 2.39 bits per heavy atom. The van der Waals surface area contributed by atoms with E-state index in [1.807, 2.05) is 56.3 Å². The molecule has 0 spiro atoms. The number of benzene rings is 2. The van der Waals surface area contributed by atoms with E-state index in [9.17, 15) is 4.79 Å². The normalized spacial score (nSPS) is 11.4. The van der Waals surface area contributed by atoms with Crippen LogP contribution >= 0.6 is 15.9 Å². The zero-order valence-electron chi connectivity index (χ0n) is 12.9. The summed E-state index contributed by atoms with van der Waals surface area (Å²) in [5.74, 6) is -0.343. The van der Waals surface area contributed by atoms with Crippen LogP contribution in [0.3, 0.4) is 0 Å². The van der Waals surface area contributed by atoms with E-state index < -0.39 is 5.60 Å². The standard InChI is InChI=1S/C19H16BrNO2/c1-19(2,14-9-11-21-12-10-14)23-18(22)15-7-3-5-13-6-4-8-16(20)17(13)15/h3-12H,1-2H3. The lowest BCUT2D eigenvalue weighted by atomic mass is 9.99. The second-order valence-corrected chi connectivity index (χ2v) is 6.63. The first-order chi connectivity index (χ1) is 11.0. The first-order valence-corrected chi connectivity index (χ1v) is 8.09. The molecule has 0 atom stereocenters. The molecule has 0 bridgehead atoms. The molecule has 0 unspecified atom stereocenters. The molecule has 3 aromatic rings. The lowest BCUT2D eigenvalue weighted by Crippen LogP contribution is -2.25. The summed E-state index contributed by atoms with van der Waals surface area (Å²) >= 11 is 3.52. The van der Waals surface area contributed by atoms with Crippen LogP contribution in [-0.2, 0) is 10.3 Å². The van der Waals surface area contributed by atoms with Crippen LogP contribution in [0, 0.1) is 0 Å². The topological polar surface area (TPSA) is 39.2 Å². The molecule has 0 aliphatic carbocycles. The second kappa shape index (κ2) is 6.13. The number of halogens is 1. The van der Waals surface area contributed by atoms with Crippen molar-refractivity contribution in [2.24, 2.45) is 0 Å². The van der Waals surface area contributed by atoms with Gasteiger partial charge in [-0.25, -0.2) is 4.79 Å². The summed E-state index contributed by atoms with van der Waals surface area (Å²) in [6, 6.07) is 15.2. The summed E-state index contributed by atoms with van der Waals surface area (Å²) in [5, 5.41) is 1.86. The number of rotatable bonds is 3. The third kappa shape index (κ3) is 3.13. The molecular formula is C19H16BrNO2. The Hall–Kier alpha value is -2.20. The Kier molecular flexibility index (Phi) is 4.18. The van der Waals surface area contributed by atoms with Crippen molar-refractivity contribution in [2.75, 3.05) is 0 Å². The summed E-state index contributed by atoms with van der Waals surface area (Å²) in [6.45, 7) is 3.75. The fourth-order valence-corrected chi connectivity index (χ4v) is 3.16. The van der Waals surface area contributed by atoms with Crippen LogP contribution in [-0.4, -0.2) is 11.0 Å². The largest absolute Gasteiger partial charge is 0.451 e. The van der Waals surface area contributed by atoms with Crippen molar-refractivity contribution in [2.45, 2.75) is 19.4 Å².